The largest absolute Gasteiger partial charge is 0.508 e. The summed E-state index contributed by atoms with van der Waals surface area (Å²) in [4.78, 5) is 128. The van der Waals surface area contributed by atoms with Gasteiger partial charge in [-0.25, -0.2) is 4.79 Å². The van der Waals surface area contributed by atoms with Crippen molar-refractivity contribution in [3.05, 3.63) is 29.8 Å². The van der Waals surface area contributed by atoms with Gasteiger partial charge in [-0.05, 0) is 54.7 Å². The molecule has 0 bridgehead atoms. The van der Waals surface area contributed by atoms with Crippen molar-refractivity contribution in [2.45, 2.75) is 122 Å². The number of aliphatic carboxylic acids is 2. The highest BCUT2D eigenvalue weighted by molar-refractivity contribution is 5.99. The van der Waals surface area contributed by atoms with E-state index in [-0.39, 0.29) is 24.5 Å². The van der Waals surface area contributed by atoms with Crippen LogP contribution in [0.1, 0.15) is 72.8 Å². The molecule has 0 saturated carbocycles. The van der Waals surface area contributed by atoms with Crippen LogP contribution in [-0.4, -0.2) is 146 Å². The fraction of sp³-hybridized carbons (Fsp3) is 0.600. The molecule has 8 amide bonds. The monoisotopic (exact) mass is 909 g/mol. The fourth-order valence-electron chi connectivity index (χ4n) is 5.93. The number of benzene rings is 1. The van der Waals surface area contributed by atoms with Crippen molar-refractivity contribution in [3.63, 3.8) is 0 Å². The molecule has 24 nitrogen and oxygen atoms in total. The Morgan fingerprint density at radius 2 is 0.984 bits per heavy atom. The van der Waals surface area contributed by atoms with Crippen LogP contribution in [0.15, 0.2) is 24.3 Å². The van der Waals surface area contributed by atoms with Gasteiger partial charge in [-0.3, -0.25) is 43.2 Å². The first-order valence-corrected chi connectivity index (χ1v) is 20.4. The van der Waals surface area contributed by atoms with Gasteiger partial charge in [-0.1, -0.05) is 53.7 Å². The first-order chi connectivity index (χ1) is 29.8. The molecular weight excluding hydrogens is 846 g/mol. The standard InChI is InChI=1S/C40H63N9O15/c1-18(2)13-25(35(58)47-28(17-51)40(63)64)44-34(57)24(11-12-30(54)55)43-37(60)27(16-50)46-36(59)26(15-29(42)53)45-38(61)31(19(3)4)49-39(62)32(20(5)6)48-33(56)23(41)14-21-7-9-22(52)10-8-21/h7-10,18-20,23-28,31-32,50-52H,11-17,41H2,1-6H3,(H2,42,53)(H,43,60)(H,44,57)(H,45,61)(H,46,59)(H,47,58)(H,48,56)(H,49,62)(H,54,55)(H,63,64)/t23-,24-,25-,26-,27-,28-,31-,32-/m0/s1. The predicted molar refractivity (Wildman–Crippen MR) is 225 cm³/mol. The lowest BCUT2D eigenvalue weighted by Crippen LogP contribution is -2.62. The van der Waals surface area contributed by atoms with Crippen molar-refractivity contribution in [1.29, 1.82) is 0 Å². The predicted octanol–water partition coefficient (Wildman–Crippen LogP) is -4.18. The maximum atomic E-state index is 13.6. The first kappa shape index (κ1) is 55.6. The Kier molecular flexibility index (Phi) is 23.4. The molecule has 358 valence electrons. The lowest BCUT2D eigenvalue weighted by Gasteiger charge is -2.29. The Balaban J connectivity index is 3.23. The molecule has 0 aliphatic carbocycles. The molecule has 16 N–H and O–H groups in total. The fourth-order valence-corrected chi connectivity index (χ4v) is 5.93. The minimum atomic E-state index is -1.90. The van der Waals surface area contributed by atoms with E-state index < -0.39 is 152 Å². The van der Waals surface area contributed by atoms with Crippen LogP contribution in [0.3, 0.4) is 0 Å². The number of carbonyl (C=O) groups excluding carboxylic acids is 8. The second-order valence-corrected chi connectivity index (χ2v) is 16.2. The quantitative estimate of drug-likeness (QED) is 0.0379. The average Bonchev–Trinajstić information content (AvgIpc) is 3.20. The maximum absolute atomic E-state index is 13.6. The van der Waals surface area contributed by atoms with E-state index in [0.29, 0.717) is 5.56 Å². The smallest absolute Gasteiger partial charge is 0.328 e. The zero-order valence-corrected chi connectivity index (χ0v) is 36.6. The summed E-state index contributed by atoms with van der Waals surface area (Å²) in [6, 6.07) is -6.24. The molecular formula is C40H63N9O15. The topological polar surface area (TPSA) is 408 Å². The van der Waals surface area contributed by atoms with Gasteiger partial charge in [-0.15, -0.1) is 0 Å². The van der Waals surface area contributed by atoms with Gasteiger partial charge in [0, 0.05) is 6.42 Å². The van der Waals surface area contributed by atoms with Crippen LogP contribution in [0.2, 0.25) is 0 Å². The second-order valence-electron chi connectivity index (χ2n) is 16.2. The van der Waals surface area contributed by atoms with Gasteiger partial charge in [0.05, 0.1) is 25.7 Å². The number of nitrogens with two attached hydrogens (primary N) is 2. The van der Waals surface area contributed by atoms with Crippen molar-refractivity contribution >= 4 is 59.2 Å². The van der Waals surface area contributed by atoms with E-state index in [1.165, 1.54) is 12.1 Å². The minimum absolute atomic E-state index is 0.0169. The van der Waals surface area contributed by atoms with Gasteiger partial charge in [0.25, 0.3) is 0 Å². The summed E-state index contributed by atoms with van der Waals surface area (Å²) in [6.07, 6.45) is -2.10. The summed E-state index contributed by atoms with van der Waals surface area (Å²) in [6.45, 7) is 7.58. The number of primary amides is 1. The van der Waals surface area contributed by atoms with Crippen molar-refractivity contribution in [1.82, 2.24) is 37.2 Å². The van der Waals surface area contributed by atoms with Gasteiger partial charge in [0.2, 0.25) is 47.3 Å². The molecule has 0 aliphatic rings. The molecule has 0 heterocycles. The van der Waals surface area contributed by atoms with Crippen LogP contribution in [-0.2, 0) is 54.4 Å². The van der Waals surface area contributed by atoms with Crippen molar-refractivity contribution in [2.24, 2.45) is 29.2 Å². The number of carbonyl (C=O) groups is 10. The summed E-state index contributed by atoms with van der Waals surface area (Å²) in [5.74, 6) is -12.6. The number of amides is 8. The van der Waals surface area contributed by atoms with Crippen LogP contribution < -0.4 is 48.7 Å². The SMILES string of the molecule is CC(C)C[C@H](NC(=O)[C@H](CCC(=O)O)NC(=O)[C@H](CO)NC(=O)[C@H](CC(N)=O)NC(=O)[C@@H](NC(=O)[C@@H](NC(=O)[C@@H](N)Cc1ccc(O)cc1)C(C)C)C(C)C)C(=O)N[C@@H](CO)C(=O)O. The molecule has 1 aromatic carbocycles. The van der Waals surface area contributed by atoms with E-state index in [1.807, 2.05) is 0 Å². The number of carboxylic acid groups (broad SMARTS) is 2. The zero-order valence-electron chi connectivity index (χ0n) is 36.6. The van der Waals surface area contributed by atoms with E-state index in [9.17, 15) is 73.5 Å². The highest BCUT2D eigenvalue weighted by Gasteiger charge is 2.36. The van der Waals surface area contributed by atoms with E-state index in [1.54, 1.807) is 53.7 Å². The second kappa shape index (κ2) is 26.9. The Morgan fingerprint density at radius 3 is 1.45 bits per heavy atom. The highest BCUT2D eigenvalue weighted by atomic mass is 16.4. The van der Waals surface area contributed by atoms with Crippen LogP contribution in [0, 0.1) is 17.8 Å². The van der Waals surface area contributed by atoms with Crippen LogP contribution in [0.25, 0.3) is 0 Å². The maximum Gasteiger partial charge on any atom is 0.328 e. The van der Waals surface area contributed by atoms with Gasteiger partial charge >= 0.3 is 11.9 Å². The molecule has 8 atom stereocenters. The third-order valence-corrected chi connectivity index (χ3v) is 9.49. The Morgan fingerprint density at radius 1 is 0.562 bits per heavy atom. The lowest BCUT2D eigenvalue weighted by atomic mass is 9.98. The molecule has 0 saturated heterocycles. The van der Waals surface area contributed by atoms with Gasteiger partial charge < -0.3 is 74.2 Å². The molecule has 1 aromatic rings. The third kappa shape index (κ3) is 19.3. The molecule has 0 radical (unpaired) electrons. The molecule has 0 aliphatic heterocycles. The van der Waals surface area contributed by atoms with Crippen molar-refractivity contribution < 1.29 is 73.5 Å². The number of aromatic hydroxyl groups is 1. The summed E-state index contributed by atoms with van der Waals surface area (Å²) in [5, 5.41) is 63.6. The summed E-state index contributed by atoms with van der Waals surface area (Å²) >= 11 is 0. The lowest BCUT2D eigenvalue weighted by molar-refractivity contribution is -0.143. The number of rotatable bonds is 28. The molecule has 0 aromatic heterocycles. The van der Waals surface area contributed by atoms with Crippen LogP contribution in [0.4, 0.5) is 0 Å². The van der Waals surface area contributed by atoms with Gasteiger partial charge in [0.1, 0.15) is 48.0 Å². The number of nitrogens with one attached hydrogen (secondary N) is 7. The third-order valence-electron chi connectivity index (χ3n) is 9.49. The van der Waals surface area contributed by atoms with Crippen molar-refractivity contribution in [3.8, 4) is 5.75 Å². The number of phenolic OH excluding ortho intramolecular Hbond substituents is 1. The Hall–Kier alpha value is -6.40. The van der Waals surface area contributed by atoms with Crippen LogP contribution in [0.5, 0.6) is 5.75 Å². The molecule has 64 heavy (non-hydrogen) atoms. The number of phenols is 1. The number of aliphatic hydroxyl groups excluding tert-OH is 2. The highest BCUT2D eigenvalue weighted by Crippen LogP contribution is 2.13. The normalized spacial score (nSPS) is 14.9. The summed E-state index contributed by atoms with van der Waals surface area (Å²) in [5.41, 5.74) is 12.1. The first-order valence-electron chi connectivity index (χ1n) is 20.4. The summed E-state index contributed by atoms with van der Waals surface area (Å²) in [7, 11) is 0. The molecule has 24 heteroatoms. The number of carboxylic acids is 2. The van der Waals surface area contributed by atoms with E-state index in [2.05, 4.69) is 37.2 Å². The molecule has 0 fully saturated rings. The number of aliphatic hydroxyl groups is 2. The van der Waals surface area contributed by atoms with E-state index >= 15 is 0 Å². The zero-order chi connectivity index (χ0) is 49.0. The number of hydrogen-bond acceptors (Lipinski definition) is 14. The molecule has 0 spiro atoms. The number of hydrogen-bond donors (Lipinski definition) is 14. The van der Waals surface area contributed by atoms with E-state index in [4.69, 9.17) is 11.5 Å². The van der Waals surface area contributed by atoms with Gasteiger partial charge in [-0.2, -0.15) is 0 Å². The average molecular weight is 910 g/mol. The molecule has 1 rings (SSSR count). The van der Waals surface area contributed by atoms with Gasteiger partial charge in [0.15, 0.2) is 0 Å². The summed E-state index contributed by atoms with van der Waals surface area (Å²) < 4.78 is 0. The Bertz CT molecular complexity index is 1810. The Labute approximate surface area is 369 Å². The van der Waals surface area contributed by atoms with Crippen molar-refractivity contribution in [2.75, 3.05) is 13.2 Å². The van der Waals surface area contributed by atoms with Crippen LogP contribution >= 0.6 is 0 Å². The minimum Gasteiger partial charge on any atom is -0.508 e. The van der Waals surface area contributed by atoms with E-state index in [0.717, 1.165) is 0 Å². The molecule has 0 unspecified atom stereocenters.